The van der Waals surface area contributed by atoms with Gasteiger partial charge in [-0.25, -0.2) is 0 Å². The molecule has 3 heteroatoms. The molecule has 0 aliphatic rings. The van der Waals surface area contributed by atoms with Crippen LogP contribution in [0.4, 0.5) is 0 Å². The molecule has 0 saturated heterocycles. The minimum atomic E-state index is 0.0115. The molecular weight excluding hydrogens is 194 g/mol. The standard InChI is InChI=1S/C11H15NOS/c1-7-4-9(10(13)6-12)11(14-3)5-8(7)2/h4-5H,6,12H2,1-3H3. The Bertz CT molecular complexity index is 361. The molecule has 0 heterocycles. The normalized spacial score (nSPS) is 10.3. The number of rotatable bonds is 3. The van der Waals surface area contributed by atoms with E-state index < -0.39 is 0 Å². The zero-order valence-corrected chi connectivity index (χ0v) is 9.57. The van der Waals surface area contributed by atoms with Gasteiger partial charge >= 0.3 is 0 Å². The molecule has 1 rings (SSSR count). The smallest absolute Gasteiger partial charge is 0.177 e. The zero-order chi connectivity index (χ0) is 10.7. The summed E-state index contributed by atoms with van der Waals surface area (Å²) in [6, 6.07) is 3.97. The van der Waals surface area contributed by atoms with Crippen molar-refractivity contribution in [3.63, 3.8) is 0 Å². The van der Waals surface area contributed by atoms with Crippen molar-refractivity contribution < 1.29 is 4.79 Å². The van der Waals surface area contributed by atoms with Crippen LogP contribution in [0.15, 0.2) is 17.0 Å². The van der Waals surface area contributed by atoms with Crippen molar-refractivity contribution in [1.82, 2.24) is 0 Å². The fraction of sp³-hybridized carbons (Fsp3) is 0.364. The van der Waals surface area contributed by atoms with E-state index in [-0.39, 0.29) is 12.3 Å². The first-order valence-corrected chi connectivity index (χ1v) is 5.71. The molecule has 0 aliphatic heterocycles. The zero-order valence-electron chi connectivity index (χ0n) is 8.76. The molecule has 1 aromatic rings. The number of aryl methyl sites for hydroxylation is 2. The molecular formula is C11H15NOS. The molecule has 2 nitrogen and oxygen atoms in total. The van der Waals surface area contributed by atoms with Gasteiger partial charge in [-0.3, -0.25) is 4.79 Å². The maximum absolute atomic E-state index is 11.5. The summed E-state index contributed by atoms with van der Waals surface area (Å²) in [4.78, 5) is 12.5. The summed E-state index contributed by atoms with van der Waals surface area (Å²) in [6.45, 7) is 4.13. The van der Waals surface area contributed by atoms with Gasteiger partial charge in [0.25, 0.3) is 0 Å². The van der Waals surface area contributed by atoms with E-state index in [0.717, 1.165) is 16.0 Å². The Labute approximate surface area is 88.9 Å². The molecule has 0 bridgehead atoms. The minimum Gasteiger partial charge on any atom is -0.324 e. The number of thioether (sulfide) groups is 1. The van der Waals surface area contributed by atoms with Gasteiger partial charge < -0.3 is 5.73 Å². The van der Waals surface area contributed by atoms with Crippen molar-refractivity contribution in [2.24, 2.45) is 5.73 Å². The predicted molar refractivity (Wildman–Crippen MR) is 61.1 cm³/mol. The van der Waals surface area contributed by atoms with E-state index in [9.17, 15) is 4.79 Å². The first-order chi connectivity index (χ1) is 6.60. The molecule has 0 spiro atoms. The van der Waals surface area contributed by atoms with Gasteiger partial charge in [0, 0.05) is 10.5 Å². The quantitative estimate of drug-likeness (QED) is 0.613. The van der Waals surface area contributed by atoms with Crippen molar-refractivity contribution in [2.45, 2.75) is 18.7 Å². The second kappa shape index (κ2) is 4.62. The Morgan fingerprint density at radius 1 is 1.36 bits per heavy atom. The molecule has 0 aliphatic carbocycles. The van der Waals surface area contributed by atoms with E-state index >= 15 is 0 Å². The number of benzene rings is 1. The third kappa shape index (κ3) is 2.16. The fourth-order valence-electron chi connectivity index (χ4n) is 1.29. The Morgan fingerprint density at radius 3 is 2.43 bits per heavy atom. The third-order valence-corrected chi connectivity index (χ3v) is 3.08. The summed E-state index contributed by atoms with van der Waals surface area (Å²) >= 11 is 1.59. The van der Waals surface area contributed by atoms with Crippen LogP contribution >= 0.6 is 11.8 Å². The van der Waals surface area contributed by atoms with Crippen LogP contribution < -0.4 is 5.73 Å². The number of carbonyl (C=O) groups is 1. The predicted octanol–water partition coefficient (Wildman–Crippen LogP) is 2.17. The number of Topliss-reactive ketones (excluding diaryl/α,β-unsaturated/α-hetero) is 1. The highest BCUT2D eigenvalue weighted by atomic mass is 32.2. The van der Waals surface area contributed by atoms with E-state index in [4.69, 9.17) is 5.73 Å². The Kier molecular flexibility index (Phi) is 3.72. The molecule has 76 valence electrons. The molecule has 0 atom stereocenters. The lowest BCUT2D eigenvalue weighted by molar-refractivity contribution is 0.0998. The molecule has 0 saturated carbocycles. The average Bonchev–Trinajstić information content (AvgIpc) is 2.20. The monoisotopic (exact) mass is 209 g/mol. The minimum absolute atomic E-state index is 0.0115. The van der Waals surface area contributed by atoms with Crippen LogP contribution in [0.5, 0.6) is 0 Å². The van der Waals surface area contributed by atoms with Gasteiger partial charge in [-0.15, -0.1) is 11.8 Å². The van der Waals surface area contributed by atoms with Crippen LogP contribution in [0.25, 0.3) is 0 Å². The highest BCUT2D eigenvalue weighted by Gasteiger charge is 2.10. The van der Waals surface area contributed by atoms with E-state index in [0.29, 0.717) is 0 Å². The van der Waals surface area contributed by atoms with Crippen molar-refractivity contribution >= 4 is 17.5 Å². The lowest BCUT2D eigenvalue weighted by Gasteiger charge is -2.09. The molecule has 14 heavy (non-hydrogen) atoms. The molecule has 0 fully saturated rings. The Hall–Kier alpha value is -0.800. The third-order valence-electron chi connectivity index (χ3n) is 2.30. The summed E-state index contributed by atoms with van der Waals surface area (Å²) in [7, 11) is 0. The lowest BCUT2D eigenvalue weighted by Crippen LogP contribution is -2.14. The van der Waals surface area contributed by atoms with Gasteiger partial charge in [-0.1, -0.05) is 0 Å². The summed E-state index contributed by atoms with van der Waals surface area (Å²) in [6.07, 6.45) is 1.97. The first-order valence-electron chi connectivity index (χ1n) is 4.48. The van der Waals surface area contributed by atoms with Crippen molar-refractivity contribution in [2.75, 3.05) is 12.8 Å². The van der Waals surface area contributed by atoms with Crippen LogP contribution in [0.3, 0.4) is 0 Å². The highest BCUT2D eigenvalue weighted by Crippen LogP contribution is 2.24. The van der Waals surface area contributed by atoms with Crippen LogP contribution in [-0.4, -0.2) is 18.6 Å². The molecule has 1 aromatic carbocycles. The molecule has 0 amide bonds. The topological polar surface area (TPSA) is 43.1 Å². The first kappa shape index (κ1) is 11.3. The van der Waals surface area contributed by atoms with Gasteiger partial charge in [0.05, 0.1) is 6.54 Å². The molecule has 0 radical (unpaired) electrons. The lowest BCUT2D eigenvalue weighted by atomic mass is 10.0. The number of hydrogen-bond acceptors (Lipinski definition) is 3. The SMILES string of the molecule is CSc1cc(C)c(C)cc1C(=O)CN. The molecule has 2 N–H and O–H groups in total. The van der Waals surface area contributed by atoms with Crippen LogP contribution in [0.2, 0.25) is 0 Å². The van der Waals surface area contributed by atoms with E-state index in [2.05, 4.69) is 0 Å². The second-order valence-corrected chi connectivity index (χ2v) is 4.11. The second-order valence-electron chi connectivity index (χ2n) is 3.26. The van der Waals surface area contributed by atoms with Crippen molar-refractivity contribution in [1.29, 1.82) is 0 Å². The average molecular weight is 209 g/mol. The number of ketones is 1. The van der Waals surface area contributed by atoms with Crippen molar-refractivity contribution in [3.05, 3.63) is 28.8 Å². The maximum Gasteiger partial charge on any atom is 0.177 e. The van der Waals surface area contributed by atoms with E-state index in [1.807, 2.05) is 32.2 Å². The number of hydrogen-bond donors (Lipinski definition) is 1. The fourth-order valence-corrected chi connectivity index (χ4v) is 1.97. The molecule has 0 aromatic heterocycles. The van der Waals surface area contributed by atoms with Gasteiger partial charge in [0.2, 0.25) is 0 Å². The number of carbonyl (C=O) groups excluding carboxylic acids is 1. The van der Waals surface area contributed by atoms with E-state index in [1.165, 1.54) is 5.56 Å². The summed E-state index contributed by atoms with van der Waals surface area (Å²) < 4.78 is 0. The van der Waals surface area contributed by atoms with Crippen LogP contribution in [0, 0.1) is 13.8 Å². The van der Waals surface area contributed by atoms with Crippen molar-refractivity contribution in [3.8, 4) is 0 Å². The maximum atomic E-state index is 11.5. The van der Waals surface area contributed by atoms with Crippen LogP contribution in [-0.2, 0) is 0 Å². The Balaban J connectivity index is 3.27. The Morgan fingerprint density at radius 2 is 1.93 bits per heavy atom. The van der Waals surface area contributed by atoms with Gasteiger partial charge in [0.1, 0.15) is 0 Å². The van der Waals surface area contributed by atoms with Gasteiger partial charge in [-0.05, 0) is 43.4 Å². The molecule has 0 unspecified atom stereocenters. The number of nitrogens with two attached hydrogens (primary N) is 1. The summed E-state index contributed by atoms with van der Waals surface area (Å²) in [5, 5.41) is 0. The summed E-state index contributed by atoms with van der Waals surface area (Å²) in [5.41, 5.74) is 8.46. The van der Waals surface area contributed by atoms with Crippen LogP contribution in [0.1, 0.15) is 21.5 Å². The van der Waals surface area contributed by atoms with E-state index in [1.54, 1.807) is 11.8 Å². The largest absolute Gasteiger partial charge is 0.324 e. The van der Waals surface area contributed by atoms with Gasteiger partial charge in [0.15, 0.2) is 5.78 Å². The summed E-state index contributed by atoms with van der Waals surface area (Å²) in [5.74, 6) is 0.0115. The van der Waals surface area contributed by atoms with Gasteiger partial charge in [-0.2, -0.15) is 0 Å². The highest BCUT2D eigenvalue weighted by molar-refractivity contribution is 7.98.